The number of rotatable bonds is 8. The fraction of sp³-hybridized carbons (Fsp3) is 0.346. The van der Waals surface area contributed by atoms with E-state index in [1.807, 2.05) is 19.1 Å². The highest BCUT2D eigenvalue weighted by atomic mass is 79.9. The topological polar surface area (TPSA) is 94.8 Å². The molecule has 0 bridgehead atoms. The lowest BCUT2D eigenvalue weighted by Gasteiger charge is -2.23. The Morgan fingerprint density at radius 1 is 1.09 bits per heavy atom. The summed E-state index contributed by atoms with van der Waals surface area (Å²) in [5.41, 5.74) is 0.176. The van der Waals surface area contributed by atoms with Gasteiger partial charge in [-0.25, -0.2) is 9.59 Å². The SMILES string of the molecule is CCCCNC(=O)c1cc2ccc(OC(=O)COc3ccc(Br)cc3C(C)(C)C)cc2oc1=O. The van der Waals surface area contributed by atoms with E-state index in [1.165, 1.54) is 12.1 Å². The number of hydrogen-bond acceptors (Lipinski definition) is 6. The zero-order valence-corrected chi connectivity index (χ0v) is 21.3. The summed E-state index contributed by atoms with van der Waals surface area (Å²) in [6.07, 6.45) is 1.75. The molecule has 0 atom stereocenters. The van der Waals surface area contributed by atoms with Crippen LogP contribution in [0.3, 0.4) is 0 Å². The number of esters is 1. The molecule has 0 saturated heterocycles. The smallest absolute Gasteiger partial charge is 0.349 e. The summed E-state index contributed by atoms with van der Waals surface area (Å²) < 4.78 is 17.3. The van der Waals surface area contributed by atoms with Gasteiger partial charge in [-0.2, -0.15) is 0 Å². The van der Waals surface area contributed by atoms with Crippen molar-refractivity contribution in [2.24, 2.45) is 0 Å². The van der Waals surface area contributed by atoms with Crippen molar-refractivity contribution in [2.75, 3.05) is 13.2 Å². The number of carbonyl (C=O) groups is 2. The van der Waals surface area contributed by atoms with Gasteiger partial charge >= 0.3 is 11.6 Å². The maximum absolute atomic E-state index is 12.4. The number of amides is 1. The van der Waals surface area contributed by atoms with E-state index in [9.17, 15) is 14.4 Å². The van der Waals surface area contributed by atoms with Crippen LogP contribution in [0.5, 0.6) is 11.5 Å². The fourth-order valence-electron chi connectivity index (χ4n) is 3.30. The molecule has 2 aromatic carbocycles. The first-order valence-corrected chi connectivity index (χ1v) is 11.9. The number of hydrogen-bond donors (Lipinski definition) is 1. The molecule has 0 aliphatic carbocycles. The first-order valence-electron chi connectivity index (χ1n) is 11.1. The van der Waals surface area contributed by atoms with Gasteiger partial charge in [0.15, 0.2) is 6.61 Å². The average molecular weight is 530 g/mol. The van der Waals surface area contributed by atoms with Crippen molar-refractivity contribution < 1.29 is 23.5 Å². The molecule has 0 spiro atoms. The van der Waals surface area contributed by atoms with Gasteiger partial charge in [0.1, 0.15) is 22.6 Å². The van der Waals surface area contributed by atoms with Crippen LogP contribution in [0.1, 0.15) is 56.5 Å². The second-order valence-corrected chi connectivity index (χ2v) is 9.83. The second kappa shape index (κ2) is 10.9. The first kappa shape index (κ1) is 25.5. The molecule has 1 N–H and O–H groups in total. The summed E-state index contributed by atoms with van der Waals surface area (Å²) in [6, 6.07) is 11.7. The number of unbranched alkanes of at least 4 members (excludes halogenated alkanes) is 1. The first-order chi connectivity index (χ1) is 16.1. The van der Waals surface area contributed by atoms with Crippen LogP contribution in [0.4, 0.5) is 0 Å². The minimum Gasteiger partial charge on any atom is -0.482 e. The lowest BCUT2D eigenvalue weighted by atomic mass is 9.86. The molecule has 0 aliphatic rings. The summed E-state index contributed by atoms with van der Waals surface area (Å²) in [4.78, 5) is 36.9. The van der Waals surface area contributed by atoms with Gasteiger partial charge in [-0.1, -0.05) is 50.0 Å². The summed E-state index contributed by atoms with van der Waals surface area (Å²) >= 11 is 3.46. The number of benzene rings is 2. The molecular weight excluding hydrogens is 502 g/mol. The van der Waals surface area contributed by atoms with Crippen LogP contribution in [-0.4, -0.2) is 25.0 Å². The van der Waals surface area contributed by atoms with E-state index in [4.69, 9.17) is 13.9 Å². The zero-order valence-electron chi connectivity index (χ0n) is 19.7. The summed E-state index contributed by atoms with van der Waals surface area (Å²) in [5, 5.41) is 3.24. The third kappa shape index (κ3) is 6.47. The maximum atomic E-state index is 12.4. The van der Waals surface area contributed by atoms with E-state index in [2.05, 4.69) is 42.0 Å². The second-order valence-electron chi connectivity index (χ2n) is 8.91. The molecule has 180 valence electrons. The lowest BCUT2D eigenvalue weighted by Crippen LogP contribution is -2.28. The van der Waals surface area contributed by atoms with Crippen LogP contribution in [0, 0.1) is 0 Å². The van der Waals surface area contributed by atoms with Gasteiger partial charge in [0.25, 0.3) is 5.91 Å². The van der Waals surface area contributed by atoms with Gasteiger partial charge < -0.3 is 19.2 Å². The van der Waals surface area contributed by atoms with Crippen LogP contribution in [0.2, 0.25) is 0 Å². The Kier molecular flexibility index (Phi) is 8.15. The molecule has 1 aromatic heterocycles. The van der Waals surface area contributed by atoms with Crippen LogP contribution >= 0.6 is 15.9 Å². The molecule has 8 heteroatoms. The molecule has 1 heterocycles. The van der Waals surface area contributed by atoms with Crippen LogP contribution in [-0.2, 0) is 10.2 Å². The van der Waals surface area contributed by atoms with E-state index in [1.54, 1.807) is 18.2 Å². The predicted octanol–water partition coefficient (Wildman–Crippen LogP) is 5.37. The Labute approximate surface area is 206 Å². The zero-order chi connectivity index (χ0) is 24.9. The number of fused-ring (bicyclic) bond motifs is 1. The summed E-state index contributed by atoms with van der Waals surface area (Å²) in [6.45, 7) is 8.39. The Bertz CT molecular complexity index is 1260. The van der Waals surface area contributed by atoms with Crippen molar-refractivity contribution in [1.82, 2.24) is 5.32 Å². The molecule has 3 aromatic rings. The van der Waals surface area contributed by atoms with Crippen molar-refractivity contribution in [3.05, 3.63) is 68.5 Å². The van der Waals surface area contributed by atoms with Crippen LogP contribution in [0.25, 0.3) is 11.0 Å². The van der Waals surface area contributed by atoms with Crippen molar-refractivity contribution in [3.8, 4) is 11.5 Å². The van der Waals surface area contributed by atoms with Gasteiger partial charge in [-0.3, -0.25) is 4.79 Å². The van der Waals surface area contributed by atoms with E-state index in [0.717, 1.165) is 22.9 Å². The monoisotopic (exact) mass is 529 g/mol. The average Bonchev–Trinajstić information content (AvgIpc) is 2.77. The standard InChI is InChI=1S/C26H28BrNO6/c1-5-6-11-28-24(30)19-12-16-7-9-18(14-22(16)34-25(19)31)33-23(29)15-32-21-10-8-17(27)13-20(21)26(2,3)4/h7-10,12-14H,5-6,11,15H2,1-4H3,(H,28,30). The largest absolute Gasteiger partial charge is 0.482 e. The molecule has 0 radical (unpaired) electrons. The number of carbonyl (C=O) groups excluding carboxylic acids is 2. The lowest BCUT2D eigenvalue weighted by molar-refractivity contribution is -0.136. The van der Waals surface area contributed by atoms with E-state index < -0.39 is 17.5 Å². The van der Waals surface area contributed by atoms with E-state index in [-0.39, 0.29) is 28.9 Å². The van der Waals surface area contributed by atoms with Gasteiger partial charge in [0, 0.05) is 28.0 Å². The van der Waals surface area contributed by atoms with Crippen LogP contribution < -0.4 is 20.4 Å². The van der Waals surface area contributed by atoms with Crippen molar-refractivity contribution in [1.29, 1.82) is 0 Å². The minimum atomic E-state index is -0.752. The number of halogens is 1. The van der Waals surface area contributed by atoms with E-state index >= 15 is 0 Å². The molecule has 0 fully saturated rings. The van der Waals surface area contributed by atoms with Gasteiger partial charge in [-0.05, 0) is 48.2 Å². The third-order valence-electron chi connectivity index (χ3n) is 5.09. The molecule has 0 aliphatic heterocycles. The Morgan fingerprint density at radius 2 is 1.85 bits per heavy atom. The Hall–Kier alpha value is -3.13. The highest BCUT2D eigenvalue weighted by Gasteiger charge is 2.20. The molecule has 34 heavy (non-hydrogen) atoms. The van der Waals surface area contributed by atoms with Crippen molar-refractivity contribution in [2.45, 2.75) is 46.0 Å². The normalized spacial score (nSPS) is 11.3. The Balaban J connectivity index is 1.70. The summed E-state index contributed by atoms with van der Waals surface area (Å²) in [5.74, 6) is -0.270. The molecule has 0 saturated carbocycles. The van der Waals surface area contributed by atoms with Crippen molar-refractivity contribution >= 4 is 38.8 Å². The number of nitrogens with one attached hydrogen (secondary N) is 1. The Morgan fingerprint density at radius 3 is 2.56 bits per heavy atom. The number of ether oxygens (including phenoxy) is 2. The minimum absolute atomic E-state index is 0.0640. The van der Waals surface area contributed by atoms with Crippen LogP contribution in [0.15, 0.2) is 56.1 Å². The molecular formula is C26H28BrNO6. The van der Waals surface area contributed by atoms with Gasteiger partial charge in [-0.15, -0.1) is 0 Å². The quantitative estimate of drug-likeness (QED) is 0.182. The van der Waals surface area contributed by atoms with E-state index in [0.29, 0.717) is 17.7 Å². The molecule has 1 amide bonds. The predicted molar refractivity (Wildman–Crippen MR) is 134 cm³/mol. The highest BCUT2D eigenvalue weighted by Crippen LogP contribution is 2.33. The highest BCUT2D eigenvalue weighted by molar-refractivity contribution is 9.10. The van der Waals surface area contributed by atoms with Gasteiger partial charge in [0.05, 0.1) is 0 Å². The molecule has 3 rings (SSSR count). The van der Waals surface area contributed by atoms with Gasteiger partial charge in [0.2, 0.25) is 0 Å². The fourth-order valence-corrected chi connectivity index (χ4v) is 3.66. The molecule has 7 nitrogen and oxygen atoms in total. The van der Waals surface area contributed by atoms with Crippen molar-refractivity contribution in [3.63, 3.8) is 0 Å². The molecule has 0 unspecified atom stereocenters. The maximum Gasteiger partial charge on any atom is 0.349 e. The summed E-state index contributed by atoms with van der Waals surface area (Å²) in [7, 11) is 0. The third-order valence-corrected chi connectivity index (χ3v) is 5.59.